The number of nitro groups is 1. The van der Waals surface area contributed by atoms with Crippen molar-refractivity contribution in [1.29, 1.82) is 0 Å². The van der Waals surface area contributed by atoms with Crippen molar-refractivity contribution in [2.45, 2.75) is 19.9 Å². The van der Waals surface area contributed by atoms with E-state index in [-0.39, 0.29) is 24.2 Å². The average Bonchev–Trinajstić information content (AvgIpc) is 2.34. The van der Waals surface area contributed by atoms with E-state index in [0.717, 1.165) is 0 Å². The number of hydrogen-bond acceptors (Lipinski definition) is 5. The molecule has 0 aliphatic heterocycles. The van der Waals surface area contributed by atoms with Crippen molar-refractivity contribution in [3.63, 3.8) is 0 Å². The van der Waals surface area contributed by atoms with E-state index in [1.807, 2.05) is 13.8 Å². The summed E-state index contributed by atoms with van der Waals surface area (Å²) in [6.07, 6.45) is 0. The molecule has 0 spiro atoms. The number of benzene rings is 1. The molecule has 0 aliphatic carbocycles. The molecule has 1 aromatic carbocycles. The summed E-state index contributed by atoms with van der Waals surface area (Å²) in [5, 5.41) is 19.3. The van der Waals surface area contributed by atoms with Gasteiger partial charge in [0.1, 0.15) is 11.4 Å². The van der Waals surface area contributed by atoms with Crippen molar-refractivity contribution in [3.8, 4) is 0 Å². The number of hydrogen-bond donors (Lipinski definition) is 3. The van der Waals surface area contributed by atoms with Crippen LogP contribution in [0.4, 0.5) is 17.1 Å². The maximum absolute atomic E-state index is 11.5. The lowest BCUT2D eigenvalue weighted by Crippen LogP contribution is -2.34. The lowest BCUT2D eigenvalue weighted by atomic mass is 10.2. The Kier molecular flexibility index (Phi) is 5.11. The highest BCUT2D eigenvalue weighted by atomic mass is 16.6. The summed E-state index contributed by atoms with van der Waals surface area (Å²) in [5.74, 6) is -0.209. The molecule has 0 unspecified atom stereocenters. The van der Waals surface area contributed by atoms with E-state index in [9.17, 15) is 14.9 Å². The molecule has 0 atom stereocenters. The molecule has 0 radical (unpaired) electrons. The highest BCUT2D eigenvalue weighted by Gasteiger charge is 2.19. The van der Waals surface area contributed by atoms with Gasteiger partial charge in [0, 0.05) is 13.1 Å². The van der Waals surface area contributed by atoms with Gasteiger partial charge in [0.25, 0.3) is 0 Å². The van der Waals surface area contributed by atoms with Gasteiger partial charge in [0.2, 0.25) is 5.91 Å². The summed E-state index contributed by atoms with van der Waals surface area (Å²) in [6.45, 7) is 3.69. The maximum Gasteiger partial charge on any atom is 0.315 e. The van der Waals surface area contributed by atoms with Gasteiger partial charge in [-0.1, -0.05) is 6.07 Å². The standard InChI is InChI=1S/C12H18N4O3/c1-8(2)15-11(17)7-14-10-6-4-5-9(13-3)12(10)16(18)19/h4-6,8,13-14H,7H2,1-3H3,(H,15,17). The van der Waals surface area contributed by atoms with E-state index in [0.29, 0.717) is 11.4 Å². The van der Waals surface area contributed by atoms with Crippen LogP contribution in [0.3, 0.4) is 0 Å². The van der Waals surface area contributed by atoms with Crippen LogP contribution in [0.15, 0.2) is 18.2 Å². The zero-order valence-corrected chi connectivity index (χ0v) is 11.2. The minimum Gasteiger partial charge on any atom is -0.382 e. The number of anilines is 2. The second-order valence-corrected chi connectivity index (χ2v) is 4.28. The summed E-state index contributed by atoms with van der Waals surface area (Å²) < 4.78 is 0. The molecule has 1 aromatic rings. The van der Waals surface area contributed by atoms with Crippen molar-refractivity contribution in [1.82, 2.24) is 5.32 Å². The predicted molar refractivity (Wildman–Crippen MR) is 74.4 cm³/mol. The molecular weight excluding hydrogens is 248 g/mol. The van der Waals surface area contributed by atoms with Crippen LogP contribution in [0.5, 0.6) is 0 Å². The van der Waals surface area contributed by atoms with Crippen molar-refractivity contribution >= 4 is 23.0 Å². The minimum atomic E-state index is -0.478. The van der Waals surface area contributed by atoms with Crippen LogP contribution in [0, 0.1) is 10.1 Å². The van der Waals surface area contributed by atoms with Crippen LogP contribution in [0.1, 0.15) is 13.8 Å². The van der Waals surface area contributed by atoms with Crippen LogP contribution >= 0.6 is 0 Å². The molecule has 0 aliphatic rings. The minimum absolute atomic E-state index is 0.00775. The zero-order chi connectivity index (χ0) is 14.4. The van der Waals surface area contributed by atoms with Gasteiger partial charge in [0.15, 0.2) is 0 Å². The largest absolute Gasteiger partial charge is 0.382 e. The first kappa shape index (κ1) is 14.7. The third kappa shape index (κ3) is 4.13. The van der Waals surface area contributed by atoms with E-state index in [1.54, 1.807) is 25.2 Å². The number of carbonyl (C=O) groups excluding carboxylic acids is 1. The molecule has 0 saturated carbocycles. The predicted octanol–water partition coefficient (Wildman–Crippen LogP) is 1.57. The summed E-state index contributed by atoms with van der Waals surface area (Å²) in [5.41, 5.74) is 0.650. The molecular formula is C12H18N4O3. The summed E-state index contributed by atoms with van der Waals surface area (Å²) in [6, 6.07) is 4.90. The number of nitrogens with one attached hydrogen (secondary N) is 3. The molecule has 1 amide bonds. The van der Waals surface area contributed by atoms with E-state index in [1.165, 1.54) is 0 Å². The fourth-order valence-corrected chi connectivity index (χ4v) is 1.63. The second kappa shape index (κ2) is 6.58. The Balaban J connectivity index is 2.84. The Bertz CT molecular complexity index is 474. The van der Waals surface area contributed by atoms with Gasteiger partial charge in [0.05, 0.1) is 11.5 Å². The highest BCUT2D eigenvalue weighted by Crippen LogP contribution is 2.32. The molecule has 0 aromatic heterocycles. The Morgan fingerprint density at radius 2 is 2.00 bits per heavy atom. The van der Waals surface area contributed by atoms with Gasteiger partial charge in [-0.05, 0) is 26.0 Å². The van der Waals surface area contributed by atoms with Gasteiger partial charge in [-0.25, -0.2) is 0 Å². The van der Waals surface area contributed by atoms with Crippen molar-refractivity contribution < 1.29 is 9.72 Å². The van der Waals surface area contributed by atoms with Gasteiger partial charge in [-0.15, -0.1) is 0 Å². The molecule has 19 heavy (non-hydrogen) atoms. The number of rotatable bonds is 6. The first-order valence-electron chi connectivity index (χ1n) is 5.94. The molecule has 104 valence electrons. The number of para-hydroxylation sites is 1. The van der Waals surface area contributed by atoms with Gasteiger partial charge >= 0.3 is 5.69 Å². The topological polar surface area (TPSA) is 96.3 Å². The fraction of sp³-hybridized carbons (Fsp3) is 0.417. The quantitative estimate of drug-likeness (QED) is 0.536. The number of nitro benzene ring substituents is 1. The first-order valence-corrected chi connectivity index (χ1v) is 5.94. The first-order chi connectivity index (χ1) is 8.95. The Hall–Kier alpha value is -2.31. The number of amides is 1. The summed E-state index contributed by atoms with van der Waals surface area (Å²) in [4.78, 5) is 22.1. The monoisotopic (exact) mass is 266 g/mol. The van der Waals surface area contributed by atoms with Crippen molar-refractivity contribution in [2.75, 3.05) is 24.2 Å². The molecule has 0 bridgehead atoms. The molecule has 7 heteroatoms. The number of nitrogens with zero attached hydrogens (tertiary/aromatic N) is 1. The number of carbonyl (C=O) groups is 1. The highest BCUT2D eigenvalue weighted by molar-refractivity contribution is 5.83. The van der Waals surface area contributed by atoms with Crippen LogP contribution < -0.4 is 16.0 Å². The van der Waals surface area contributed by atoms with E-state index < -0.39 is 4.92 Å². The smallest absolute Gasteiger partial charge is 0.315 e. The molecule has 7 nitrogen and oxygen atoms in total. The molecule has 3 N–H and O–H groups in total. The van der Waals surface area contributed by atoms with Crippen LogP contribution in [-0.4, -0.2) is 30.5 Å². The van der Waals surface area contributed by atoms with Crippen LogP contribution in [0.25, 0.3) is 0 Å². The van der Waals surface area contributed by atoms with E-state index in [4.69, 9.17) is 0 Å². The summed E-state index contributed by atoms with van der Waals surface area (Å²) >= 11 is 0. The molecule has 0 heterocycles. The van der Waals surface area contributed by atoms with Crippen molar-refractivity contribution in [2.24, 2.45) is 0 Å². The Labute approximate surface area is 111 Å². The second-order valence-electron chi connectivity index (χ2n) is 4.28. The molecule has 0 saturated heterocycles. The fourth-order valence-electron chi connectivity index (χ4n) is 1.63. The Morgan fingerprint density at radius 3 is 2.53 bits per heavy atom. The van der Waals surface area contributed by atoms with E-state index >= 15 is 0 Å². The van der Waals surface area contributed by atoms with Crippen molar-refractivity contribution in [3.05, 3.63) is 28.3 Å². The normalized spacial score (nSPS) is 10.1. The van der Waals surface area contributed by atoms with Gasteiger partial charge < -0.3 is 16.0 Å². The average molecular weight is 266 g/mol. The SMILES string of the molecule is CNc1cccc(NCC(=O)NC(C)C)c1[N+](=O)[O-]. The lowest BCUT2D eigenvalue weighted by Gasteiger charge is -2.11. The third-order valence-electron chi connectivity index (χ3n) is 2.38. The lowest BCUT2D eigenvalue weighted by molar-refractivity contribution is -0.383. The maximum atomic E-state index is 11.5. The molecule has 0 fully saturated rings. The van der Waals surface area contributed by atoms with Crippen LogP contribution in [0.2, 0.25) is 0 Å². The zero-order valence-electron chi connectivity index (χ0n) is 11.2. The summed E-state index contributed by atoms with van der Waals surface area (Å²) in [7, 11) is 1.61. The van der Waals surface area contributed by atoms with Crippen LogP contribution in [-0.2, 0) is 4.79 Å². The van der Waals surface area contributed by atoms with Gasteiger partial charge in [-0.3, -0.25) is 14.9 Å². The Morgan fingerprint density at radius 1 is 1.37 bits per heavy atom. The van der Waals surface area contributed by atoms with Gasteiger partial charge in [-0.2, -0.15) is 0 Å². The van der Waals surface area contributed by atoms with E-state index in [2.05, 4.69) is 16.0 Å². The molecule has 1 rings (SSSR count). The third-order valence-corrected chi connectivity index (χ3v) is 2.38.